The zero-order valence-corrected chi connectivity index (χ0v) is 13.6. The second-order valence-electron chi connectivity index (χ2n) is 6.45. The smallest absolute Gasteiger partial charge is 0.272 e. The molecule has 1 aromatic carbocycles. The van der Waals surface area contributed by atoms with E-state index in [4.69, 9.17) is 0 Å². The summed E-state index contributed by atoms with van der Waals surface area (Å²) in [6.45, 7) is 6.81. The van der Waals surface area contributed by atoms with Gasteiger partial charge in [0.05, 0.1) is 0 Å². The lowest BCUT2D eigenvalue weighted by atomic mass is 10.1. The van der Waals surface area contributed by atoms with E-state index in [-0.39, 0.29) is 11.4 Å². The van der Waals surface area contributed by atoms with Gasteiger partial charge in [-0.1, -0.05) is 30.3 Å². The van der Waals surface area contributed by atoms with Crippen LogP contribution in [0.4, 0.5) is 5.69 Å². The van der Waals surface area contributed by atoms with Crippen molar-refractivity contribution < 1.29 is 4.79 Å². The minimum absolute atomic E-state index is 0.0579. The number of hydrogen-bond acceptors (Lipinski definition) is 3. The van der Waals surface area contributed by atoms with Crippen LogP contribution in [-0.2, 0) is 6.54 Å². The van der Waals surface area contributed by atoms with Crippen LogP contribution >= 0.6 is 0 Å². The van der Waals surface area contributed by atoms with Crippen molar-refractivity contribution in [3.63, 3.8) is 0 Å². The fourth-order valence-corrected chi connectivity index (χ4v) is 2.18. The Bertz CT molecular complexity index is 632. The number of pyridine rings is 1. The van der Waals surface area contributed by atoms with E-state index in [9.17, 15) is 4.79 Å². The van der Waals surface area contributed by atoms with Crippen molar-refractivity contribution in [2.75, 3.05) is 12.4 Å². The molecule has 0 saturated heterocycles. The number of nitrogens with one attached hydrogen (secondary N) is 1. The summed E-state index contributed by atoms with van der Waals surface area (Å²) in [5.41, 5.74) is 2.39. The van der Waals surface area contributed by atoms with Gasteiger partial charge in [-0.15, -0.1) is 0 Å². The van der Waals surface area contributed by atoms with Crippen LogP contribution in [-0.4, -0.2) is 28.4 Å². The number of benzene rings is 1. The molecule has 116 valence electrons. The van der Waals surface area contributed by atoms with Crippen molar-refractivity contribution in [1.82, 2.24) is 9.88 Å². The molecule has 1 aromatic heterocycles. The molecule has 0 saturated carbocycles. The monoisotopic (exact) mass is 297 g/mol. The van der Waals surface area contributed by atoms with Crippen LogP contribution in [0.25, 0.3) is 0 Å². The van der Waals surface area contributed by atoms with Crippen molar-refractivity contribution in [2.24, 2.45) is 0 Å². The topological polar surface area (TPSA) is 45.2 Å². The summed E-state index contributed by atoms with van der Waals surface area (Å²) in [5.74, 6) is -0.0820. The fourth-order valence-electron chi connectivity index (χ4n) is 2.18. The van der Waals surface area contributed by atoms with Crippen molar-refractivity contribution in [1.29, 1.82) is 0 Å². The zero-order chi connectivity index (χ0) is 16.2. The Hall–Kier alpha value is -2.36. The van der Waals surface area contributed by atoms with Crippen LogP contribution in [0.2, 0.25) is 0 Å². The lowest BCUT2D eigenvalue weighted by Crippen LogP contribution is -2.28. The summed E-state index contributed by atoms with van der Waals surface area (Å²) >= 11 is 0. The van der Waals surface area contributed by atoms with E-state index in [0.717, 1.165) is 11.3 Å². The normalized spacial score (nSPS) is 11.1. The maximum atomic E-state index is 12.5. The van der Waals surface area contributed by atoms with Crippen LogP contribution < -0.4 is 5.32 Å². The van der Waals surface area contributed by atoms with Crippen molar-refractivity contribution in [2.45, 2.75) is 32.9 Å². The molecule has 1 N–H and O–H groups in total. The summed E-state index contributed by atoms with van der Waals surface area (Å²) in [7, 11) is 1.79. The van der Waals surface area contributed by atoms with Crippen LogP contribution in [0.3, 0.4) is 0 Å². The van der Waals surface area contributed by atoms with E-state index >= 15 is 0 Å². The number of anilines is 1. The molecule has 4 nitrogen and oxygen atoms in total. The van der Waals surface area contributed by atoms with E-state index < -0.39 is 0 Å². The molecule has 2 rings (SSSR count). The Kier molecular flexibility index (Phi) is 4.81. The van der Waals surface area contributed by atoms with Gasteiger partial charge >= 0.3 is 0 Å². The van der Waals surface area contributed by atoms with Gasteiger partial charge in [0.1, 0.15) is 5.69 Å². The van der Waals surface area contributed by atoms with Gasteiger partial charge in [0.25, 0.3) is 5.91 Å². The van der Waals surface area contributed by atoms with E-state index in [1.807, 2.05) is 36.4 Å². The summed E-state index contributed by atoms with van der Waals surface area (Å²) in [6.07, 6.45) is 1.66. The molecule has 0 spiro atoms. The third-order valence-corrected chi connectivity index (χ3v) is 3.11. The number of aromatic nitrogens is 1. The van der Waals surface area contributed by atoms with Crippen LogP contribution in [0.5, 0.6) is 0 Å². The maximum Gasteiger partial charge on any atom is 0.272 e. The molecule has 0 unspecified atom stereocenters. The highest BCUT2D eigenvalue weighted by atomic mass is 16.2. The molecule has 4 heteroatoms. The predicted octanol–water partition coefficient (Wildman–Crippen LogP) is 3.56. The Morgan fingerprint density at radius 1 is 1.18 bits per heavy atom. The second kappa shape index (κ2) is 6.60. The van der Waals surface area contributed by atoms with Crippen LogP contribution in [0.15, 0.2) is 48.7 Å². The van der Waals surface area contributed by atoms with Gasteiger partial charge in [0, 0.05) is 31.0 Å². The molecule has 0 aliphatic carbocycles. The lowest BCUT2D eigenvalue weighted by molar-refractivity contribution is 0.0779. The highest BCUT2D eigenvalue weighted by Gasteiger charge is 2.15. The summed E-state index contributed by atoms with van der Waals surface area (Å²) in [4.78, 5) is 18.4. The maximum absolute atomic E-state index is 12.5. The van der Waals surface area contributed by atoms with E-state index in [1.54, 1.807) is 24.2 Å². The van der Waals surface area contributed by atoms with E-state index in [2.05, 4.69) is 31.1 Å². The van der Waals surface area contributed by atoms with Gasteiger partial charge in [-0.05, 0) is 38.5 Å². The highest BCUT2D eigenvalue weighted by Crippen LogP contribution is 2.16. The Morgan fingerprint density at radius 3 is 2.50 bits per heavy atom. The number of rotatable bonds is 4. The van der Waals surface area contributed by atoms with Gasteiger partial charge in [-0.3, -0.25) is 9.78 Å². The number of hydrogen-bond donors (Lipinski definition) is 1. The second-order valence-corrected chi connectivity index (χ2v) is 6.45. The van der Waals surface area contributed by atoms with Crippen LogP contribution in [0, 0.1) is 0 Å². The first-order chi connectivity index (χ1) is 10.3. The Labute approximate surface area is 132 Å². The first kappa shape index (κ1) is 16.0. The molecule has 2 aromatic rings. The molecule has 0 fully saturated rings. The highest BCUT2D eigenvalue weighted by molar-refractivity contribution is 5.92. The fraction of sp³-hybridized carbons (Fsp3) is 0.333. The van der Waals surface area contributed by atoms with Gasteiger partial charge in [0.15, 0.2) is 0 Å². The molecular weight excluding hydrogens is 274 g/mol. The molecule has 0 aliphatic rings. The Morgan fingerprint density at radius 2 is 1.86 bits per heavy atom. The average molecular weight is 297 g/mol. The minimum atomic E-state index is -0.0820. The molecule has 1 heterocycles. The van der Waals surface area contributed by atoms with Crippen LogP contribution in [0.1, 0.15) is 36.8 Å². The summed E-state index contributed by atoms with van der Waals surface area (Å²) < 4.78 is 0. The van der Waals surface area contributed by atoms with E-state index in [1.165, 1.54) is 0 Å². The molecule has 0 bridgehead atoms. The largest absolute Gasteiger partial charge is 0.380 e. The number of amides is 1. The molecule has 1 amide bonds. The van der Waals surface area contributed by atoms with Gasteiger partial charge < -0.3 is 10.2 Å². The van der Waals surface area contributed by atoms with E-state index in [0.29, 0.717) is 12.2 Å². The SMILES string of the molecule is CN(Cc1ccccc1)C(=O)c1cc(NC(C)(C)C)ccn1. The molecular formula is C18H23N3O. The first-order valence-corrected chi connectivity index (χ1v) is 7.39. The molecule has 0 atom stereocenters. The van der Waals surface area contributed by atoms with Crippen molar-refractivity contribution in [3.8, 4) is 0 Å². The standard InChI is InChI=1S/C18H23N3O/c1-18(2,3)20-15-10-11-19-16(12-15)17(22)21(4)13-14-8-6-5-7-9-14/h5-12H,13H2,1-4H3,(H,19,20). The first-order valence-electron chi connectivity index (χ1n) is 7.39. The third-order valence-electron chi connectivity index (χ3n) is 3.11. The number of carbonyl (C=O) groups excluding carboxylic acids is 1. The number of nitrogens with zero attached hydrogens (tertiary/aromatic N) is 2. The number of carbonyl (C=O) groups is 1. The minimum Gasteiger partial charge on any atom is -0.380 e. The molecule has 22 heavy (non-hydrogen) atoms. The lowest BCUT2D eigenvalue weighted by Gasteiger charge is -2.23. The van der Waals surface area contributed by atoms with Gasteiger partial charge in [-0.2, -0.15) is 0 Å². The summed E-state index contributed by atoms with van der Waals surface area (Å²) in [6, 6.07) is 13.6. The average Bonchev–Trinajstić information content (AvgIpc) is 2.46. The molecule has 0 aliphatic heterocycles. The third kappa shape index (κ3) is 4.58. The predicted molar refractivity (Wildman–Crippen MR) is 89.9 cm³/mol. The summed E-state index contributed by atoms with van der Waals surface area (Å²) in [5, 5.41) is 3.35. The Balaban J connectivity index is 2.10. The van der Waals surface area contributed by atoms with Crippen molar-refractivity contribution in [3.05, 3.63) is 59.9 Å². The van der Waals surface area contributed by atoms with Crippen molar-refractivity contribution >= 4 is 11.6 Å². The van der Waals surface area contributed by atoms with Gasteiger partial charge in [0.2, 0.25) is 0 Å². The zero-order valence-electron chi connectivity index (χ0n) is 13.6. The molecule has 0 radical (unpaired) electrons. The quantitative estimate of drug-likeness (QED) is 0.938. The van der Waals surface area contributed by atoms with Gasteiger partial charge in [-0.25, -0.2) is 0 Å².